The van der Waals surface area contributed by atoms with Crippen LogP contribution in [0.3, 0.4) is 0 Å². The highest BCUT2D eigenvalue weighted by molar-refractivity contribution is 5.80. The number of guanidine groups is 1. The molecular weight excluding hydrogens is 374 g/mol. The maximum Gasteiger partial charge on any atom is 0.309 e. The molecule has 1 aliphatic heterocycles. The summed E-state index contributed by atoms with van der Waals surface area (Å²) in [5.74, 6) is 2.50. The fraction of sp³-hybridized carbons (Fsp3) is 0.619. The Labute approximate surface area is 173 Å². The van der Waals surface area contributed by atoms with Crippen LogP contribution in [-0.2, 0) is 16.1 Å². The Morgan fingerprint density at radius 2 is 1.79 bits per heavy atom. The summed E-state index contributed by atoms with van der Waals surface area (Å²) in [6.45, 7) is 7.03. The Morgan fingerprint density at radius 3 is 2.34 bits per heavy atom. The molecule has 0 aromatic heterocycles. The van der Waals surface area contributed by atoms with Gasteiger partial charge in [0, 0.05) is 25.2 Å². The number of ether oxygens (including phenoxy) is 4. The molecule has 162 valence electrons. The molecule has 1 aliphatic rings. The summed E-state index contributed by atoms with van der Waals surface area (Å²) in [5, 5.41) is 3.34. The first-order chi connectivity index (χ1) is 14.1. The Kier molecular flexibility index (Phi) is 8.89. The van der Waals surface area contributed by atoms with Gasteiger partial charge in [0.1, 0.15) is 0 Å². The number of nitrogens with one attached hydrogen (secondary N) is 1. The summed E-state index contributed by atoms with van der Waals surface area (Å²) in [6, 6.07) is 3.78. The predicted molar refractivity (Wildman–Crippen MR) is 112 cm³/mol. The highest BCUT2D eigenvalue weighted by atomic mass is 16.5. The summed E-state index contributed by atoms with van der Waals surface area (Å²) in [4.78, 5) is 19.0. The van der Waals surface area contributed by atoms with E-state index in [9.17, 15) is 4.79 Å². The third kappa shape index (κ3) is 5.68. The molecule has 0 saturated carbocycles. The van der Waals surface area contributed by atoms with Crippen LogP contribution in [0.25, 0.3) is 0 Å². The number of likely N-dealkylation sites (tertiary alicyclic amines) is 1. The van der Waals surface area contributed by atoms with Crippen molar-refractivity contribution in [2.75, 3.05) is 47.6 Å². The van der Waals surface area contributed by atoms with Crippen molar-refractivity contribution in [3.63, 3.8) is 0 Å². The maximum atomic E-state index is 12.0. The van der Waals surface area contributed by atoms with Crippen molar-refractivity contribution in [1.82, 2.24) is 10.2 Å². The van der Waals surface area contributed by atoms with Gasteiger partial charge in [-0.15, -0.1) is 0 Å². The third-order valence-electron chi connectivity index (χ3n) is 4.93. The van der Waals surface area contributed by atoms with Crippen molar-refractivity contribution in [3.05, 3.63) is 17.7 Å². The van der Waals surface area contributed by atoms with E-state index in [1.54, 1.807) is 21.3 Å². The van der Waals surface area contributed by atoms with E-state index >= 15 is 0 Å². The van der Waals surface area contributed by atoms with E-state index in [0.717, 1.165) is 44.0 Å². The van der Waals surface area contributed by atoms with E-state index in [1.807, 2.05) is 26.0 Å². The number of hydrogen-bond donors (Lipinski definition) is 1. The molecule has 0 atom stereocenters. The van der Waals surface area contributed by atoms with Gasteiger partial charge in [-0.2, -0.15) is 0 Å². The number of hydrogen-bond acceptors (Lipinski definition) is 6. The molecular formula is C21H33N3O5. The number of esters is 1. The van der Waals surface area contributed by atoms with E-state index < -0.39 is 0 Å². The molecule has 1 aromatic rings. The van der Waals surface area contributed by atoms with E-state index in [1.165, 1.54) is 0 Å². The molecule has 0 radical (unpaired) electrons. The lowest BCUT2D eigenvalue weighted by Crippen LogP contribution is -2.46. The summed E-state index contributed by atoms with van der Waals surface area (Å²) in [5.41, 5.74) is 0.905. The monoisotopic (exact) mass is 407 g/mol. The largest absolute Gasteiger partial charge is 0.493 e. The molecule has 0 aliphatic carbocycles. The van der Waals surface area contributed by atoms with E-state index in [0.29, 0.717) is 30.4 Å². The van der Waals surface area contributed by atoms with Gasteiger partial charge >= 0.3 is 5.97 Å². The second-order valence-corrected chi connectivity index (χ2v) is 6.68. The van der Waals surface area contributed by atoms with E-state index in [-0.39, 0.29) is 11.9 Å². The summed E-state index contributed by atoms with van der Waals surface area (Å²) < 4.78 is 21.5. The van der Waals surface area contributed by atoms with Crippen molar-refractivity contribution < 1.29 is 23.7 Å². The van der Waals surface area contributed by atoms with Crippen LogP contribution in [-0.4, -0.2) is 64.4 Å². The van der Waals surface area contributed by atoms with Gasteiger partial charge in [0.05, 0.1) is 40.4 Å². The van der Waals surface area contributed by atoms with Crippen LogP contribution in [0.2, 0.25) is 0 Å². The number of carbonyl (C=O) groups is 1. The molecule has 1 heterocycles. The van der Waals surface area contributed by atoms with Crippen molar-refractivity contribution in [2.45, 2.75) is 33.2 Å². The molecule has 0 amide bonds. The van der Waals surface area contributed by atoms with Gasteiger partial charge in [-0.3, -0.25) is 4.79 Å². The van der Waals surface area contributed by atoms with Crippen LogP contribution in [0.1, 0.15) is 32.3 Å². The number of piperidine rings is 1. The van der Waals surface area contributed by atoms with Gasteiger partial charge in [0.15, 0.2) is 17.5 Å². The average Bonchev–Trinajstić information content (AvgIpc) is 2.76. The van der Waals surface area contributed by atoms with Gasteiger partial charge < -0.3 is 29.2 Å². The molecule has 1 saturated heterocycles. The first-order valence-corrected chi connectivity index (χ1v) is 10.1. The minimum atomic E-state index is -0.0934. The fourth-order valence-corrected chi connectivity index (χ4v) is 3.46. The summed E-state index contributed by atoms with van der Waals surface area (Å²) >= 11 is 0. The summed E-state index contributed by atoms with van der Waals surface area (Å²) in [7, 11) is 4.79. The standard InChI is InChI=1S/C21H33N3O5/c1-6-22-21(24-12-10-15(11-13-24)20(25)29-7-2)23-14-16-8-9-17(26-3)19(28-5)18(16)27-4/h8-9,15H,6-7,10-14H2,1-5H3,(H,22,23). The highest BCUT2D eigenvalue weighted by Gasteiger charge is 2.27. The van der Waals surface area contributed by atoms with Crippen LogP contribution in [0.5, 0.6) is 17.2 Å². The zero-order chi connectivity index (χ0) is 21.2. The third-order valence-corrected chi connectivity index (χ3v) is 4.93. The lowest BCUT2D eigenvalue weighted by molar-refractivity contribution is -0.149. The Morgan fingerprint density at radius 1 is 1.10 bits per heavy atom. The van der Waals surface area contributed by atoms with Gasteiger partial charge in [0.2, 0.25) is 5.75 Å². The Hall–Kier alpha value is -2.64. The van der Waals surface area contributed by atoms with Crippen LogP contribution in [0.15, 0.2) is 17.1 Å². The molecule has 1 fully saturated rings. The Bertz CT molecular complexity index is 700. The quantitative estimate of drug-likeness (QED) is 0.403. The molecule has 29 heavy (non-hydrogen) atoms. The molecule has 2 rings (SSSR count). The van der Waals surface area contributed by atoms with Crippen molar-refractivity contribution in [3.8, 4) is 17.2 Å². The smallest absolute Gasteiger partial charge is 0.309 e. The lowest BCUT2D eigenvalue weighted by Gasteiger charge is -2.33. The maximum absolute atomic E-state index is 12.0. The molecule has 1 N–H and O–H groups in total. The second-order valence-electron chi connectivity index (χ2n) is 6.68. The number of methoxy groups -OCH3 is 3. The van der Waals surface area contributed by atoms with E-state index in [4.69, 9.17) is 23.9 Å². The molecule has 0 bridgehead atoms. The van der Waals surface area contributed by atoms with Gasteiger partial charge in [-0.05, 0) is 38.8 Å². The number of nitrogens with zero attached hydrogens (tertiary/aromatic N) is 2. The molecule has 8 nitrogen and oxygen atoms in total. The lowest BCUT2D eigenvalue weighted by atomic mass is 9.97. The van der Waals surface area contributed by atoms with Crippen LogP contribution >= 0.6 is 0 Å². The number of aliphatic imine (C=N–C) groups is 1. The minimum absolute atomic E-state index is 0.0278. The summed E-state index contributed by atoms with van der Waals surface area (Å²) in [6.07, 6.45) is 1.53. The Balaban J connectivity index is 2.13. The van der Waals surface area contributed by atoms with Crippen LogP contribution < -0.4 is 19.5 Å². The topological polar surface area (TPSA) is 81.6 Å². The minimum Gasteiger partial charge on any atom is -0.493 e. The normalized spacial score (nSPS) is 15.1. The average molecular weight is 408 g/mol. The fourth-order valence-electron chi connectivity index (χ4n) is 3.46. The first-order valence-electron chi connectivity index (χ1n) is 10.1. The predicted octanol–water partition coefficient (Wildman–Crippen LogP) is 2.45. The number of rotatable bonds is 8. The zero-order valence-corrected chi connectivity index (χ0v) is 18.1. The van der Waals surface area contributed by atoms with Gasteiger partial charge in [0.25, 0.3) is 0 Å². The van der Waals surface area contributed by atoms with Crippen LogP contribution in [0.4, 0.5) is 0 Å². The second kappa shape index (κ2) is 11.4. The first kappa shape index (κ1) is 22.6. The van der Waals surface area contributed by atoms with Gasteiger partial charge in [-0.25, -0.2) is 4.99 Å². The zero-order valence-electron chi connectivity index (χ0n) is 18.1. The molecule has 8 heteroatoms. The number of carbonyl (C=O) groups excluding carboxylic acids is 1. The molecule has 1 aromatic carbocycles. The van der Waals surface area contributed by atoms with Crippen molar-refractivity contribution >= 4 is 11.9 Å². The van der Waals surface area contributed by atoms with Crippen molar-refractivity contribution in [1.29, 1.82) is 0 Å². The van der Waals surface area contributed by atoms with Gasteiger partial charge in [-0.1, -0.05) is 0 Å². The van der Waals surface area contributed by atoms with Crippen LogP contribution in [0, 0.1) is 5.92 Å². The molecule has 0 unspecified atom stereocenters. The number of benzene rings is 1. The molecule has 0 spiro atoms. The highest BCUT2D eigenvalue weighted by Crippen LogP contribution is 2.40. The van der Waals surface area contributed by atoms with Crippen molar-refractivity contribution in [2.24, 2.45) is 10.9 Å². The SMILES string of the molecule is CCNC(=NCc1ccc(OC)c(OC)c1OC)N1CCC(C(=O)OCC)CC1. The van der Waals surface area contributed by atoms with E-state index in [2.05, 4.69) is 10.2 Å².